The Morgan fingerprint density at radius 1 is 0.913 bits per heavy atom. The first kappa shape index (κ1) is 18.1. The number of likely N-dealkylation sites (N-methyl/N-ethyl adjacent to an activating group) is 1. The van der Waals surface area contributed by atoms with Crippen LogP contribution in [0.2, 0.25) is 0 Å². The van der Waals surface area contributed by atoms with Gasteiger partial charge in [0.25, 0.3) is 0 Å². The highest BCUT2D eigenvalue weighted by molar-refractivity contribution is 7.99. The molecule has 0 unspecified atom stereocenters. The zero-order valence-corrected chi connectivity index (χ0v) is 15.2. The maximum Gasteiger partial charge on any atom is 0.0966 e. The molecule has 0 amide bonds. The van der Waals surface area contributed by atoms with Gasteiger partial charge in [0.1, 0.15) is 0 Å². The summed E-state index contributed by atoms with van der Waals surface area (Å²) in [6.07, 6.45) is 0. The first-order valence-corrected chi connectivity index (χ1v) is 8.69. The van der Waals surface area contributed by atoms with E-state index in [0.29, 0.717) is 19.6 Å². The van der Waals surface area contributed by atoms with Gasteiger partial charge in [-0.1, -0.05) is 36.0 Å². The van der Waals surface area contributed by atoms with E-state index < -0.39 is 0 Å². The lowest BCUT2D eigenvalue weighted by Gasteiger charge is -2.43. The van der Waals surface area contributed by atoms with E-state index in [1.54, 1.807) is 11.8 Å². The zero-order chi connectivity index (χ0) is 15.6. The minimum absolute atomic E-state index is 0. The summed E-state index contributed by atoms with van der Waals surface area (Å²) in [5, 5.41) is 12.6. The SMILES string of the molecule is CC[N+]([O-])(CC)CCN1c2ccccc2Sc2ccccc21.Cl. The van der Waals surface area contributed by atoms with Crippen molar-refractivity contribution in [1.82, 2.24) is 0 Å². The van der Waals surface area contributed by atoms with E-state index in [0.717, 1.165) is 6.54 Å². The number of hydrogen-bond acceptors (Lipinski definition) is 3. The van der Waals surface area contributed by atoms with Crippen molar-refractivity contribution in [1.29, 1.82) is 0 Å². The third-order valence-electron chi connectivity index (χ3n) is 4.42. The molecule has 5 heteroatoms. The molecule has 3 nitrogen and oxygen atoms in total. The monoisotopic (exact) mass is 350 g/mol. The minimum atomic E-state index is -0.131. The lowest BCUT2D eigenvalue weighted by atomic mass is 10.2. The van der Waals surface area contributed by atoms with E-state index in [-0.39, 0.29) is 17.1 Å². The molecule has 0 radical (unpaired) electrons. The summed E-state index contributed by atoms with van der Waals surface area (Å²) in [5.41, 5.74) is 2.43. The van der Waals surface area contributed by atoms with E-state index in [4.69, 9.17) is 0 Å². The van der Waals surface area contributed by atoms with Gasteiger partial charge in [-0.2, -0.15) is 0 Å². The second kappa shape index (κ2) is 7.58. The van der Waals surface area contributed by atoms with E-state index in [9.17, 15) is 5.21 Å². The maximum absolute atomic E-state index is 12.6. The molecule has 0 bridgehead atoms. The fourth-order valence-electron chi connectivity index (χ4n) is 2.84. The van der Waals surface area contributed by atoms with E-state index in [2.05, 4.69) is 53.4 Å². The maximum atomic E-state index is 12.6. The molecule has 0 aliphatic carbocycles. The number of anilines is 2. The van der Waals surface area contributed by atoms with Crippen LogP contribution in [0.1, 0.15) is 13.8 Å². The van der Waals surface area contributed by atoms with Crippen molar-refractivity contribution >= 4 is 35.5 Å². The van der Waals surface area contributed by atoms with Crippen LogP contribution >= 0.6 is 24.2 Å². The molecular formula is C18H23ClN2OS. The van der Waals surface area contributed by atoms with Crippen LogP contribution in [0.15, 0.2) is 58.3 Å². The van der Waals surface area contributed by atoms with E-state index in [1.807, 2.05) is 13.8 Å². The first-order chi connectivity index (χ1) is 10.7. The topological polar surface area (TPSA) is 26.3 Å². The molecule has 1 aliphatic heterocycles. The number of hydroxylamine groups is 3. The second-order valence-electron chi connectivity index (χ2n) is 5.60. The summed E-state index contributed by atoms with van der Waals surface area (Å²) < 4.78 is -0.131. The molecule has 124 valence electrons. The van der Waals surface area contributed by atoms with Crippen LogP contribution in [0, 0.1) is 5.21 Å². The second-order valence-corrected chi connectivity index (χ2v) is 6.69. The van der Waals surface area contributed by atoms with Gasteiger partial charge in [-0.05, 0) is 38.1 Å². The number of quaternary nitrogens is 1. The predicted molar refractivity (Wildman–Crippen MR) is 101 cm³/mol. The Morgan fingerprint density at radius 2 is 1.39 bits per heavy atom. The van der Waals surface area contributed by atoms with Crippen molar-refractivity contribution in [3.05, 3.63) is 53.7 Å². The molecule has 0 saturated carbocycles. The Hall–Kier alpha value is -1.20. The van der Waals surface area contributed by atoms with Gasteiger partial charge < -0.3 is 14.8 Å². The van der Waals surface area contributed by atoms with Gasteiger partial charge in [-0.3, -0.25) is 0 Å². The van der Waals surface area contributed by atoms with Gasteiger partial charge >= 0.3 is 0 Å². The zero-order valence-electron chi connectivity index (χ0n) is 13.6. The van der Waals surface area contributed by atoms with Gasteiger partial charge in [0.2, 0.25) is 0 Å². The summed E-state index contributed by atoms with van der Waals surface area (Å²) >= 11 is 1.81. The molecule has 2 aromatic rings. The Bertz CT molecular complexity index is 615. The quantitative estimate of drug-likeness (QED) is 0.556. The molecule has 0 aromatic heterocycles. The normalized spacial score (nSPS) is 13.1. The molecule has 2 aromatic carbocycles. The van der Waals surface area contributed by atoms with Crippen molar-refractivity contribution in [3.8, 4) is 0 Å². The highest BCUT2D eigenvalue weighted by Gasteiger charge is 2.24. The fraction of sp³-hybridized carbons (Fsp3) is 0.333. The van der Waals surface area contributed by atoms with Crippen LogP contribution in [-0.2, 0) is 0 Å². The average Bonchev–Trinajstić information content (AvgIpc) is 2.58. The standard InChI is InChI=1S/C18H22N2OS.ClH/c1-3-20(21,4-2)14-13-19-15-9-5-7-11-17(15)22-18-12-8-6-10-16(18)19;/h5-12H,3-4,13-14H2,1-2H3;1H. The molecule has 0 atom stereocenters. The molecule has 0 saturated heterocycles. The summed E-state index contributed by atoms with van der Waals surface area (Å²) in [5.74, 6) is 0. The highest BCUT2D eigenvalue weighted by Crippen LogP contribution is 2.47. The van der Waals surface area contributed by atoms with Crippen LogP contribution in [0.4, 0.5) is 11.4 Å². The van der Waals surface area contributed by atoms with Crippen LogP contribution < -0.4 is 4.90 Å². The van der Waals surface area contributed by atoms with Crippen molar-refractivity contribution in [2.24, 2.45) is 0 Å². The summed E-state index contributed by atoms with van der Waals surface area (Å²) in [6, 6.07) is 16.9. The summed E-state index contributed by atoms with van der Waals surface area (Å²) in [6.45, 7) is 6.57. The average molecular weight is 351 g/mol. The number of fused-ring (bicyclic) bond motifs is 2. The van der Waals surface area contributed by atoms with Gasteiger partial charge in [0.05, 0.1) is 37.6 Å². The number of nitrogens with zero attached hydrogens (tertiary/aromatic N) is 2. The van der Waals surface area contributed by atoms with E-state index in [1.165, 1.54) is 21.2 Å². The van der Waals surface area contributed by atoms with Gasteiger partial charge in [0.15, 0.2) is 0 Å². The third kappa shape index (κ3) is 3.66. The Morgan fingerprint density at radius 3 is 1.87 bits per heavy atom. The number of benzene rings is 2. The molecule has 0 N–H and O–H groups in total. The fourth-order valence-corrected chi connectivity index (χ4v) is 3.94. The molecule has 0 spiro atoms. The van der Waals surface area contributed by atoms with E-state index >= 15 is 0 Å². The third-order valence-corrected chi connectivity index (χ3v) is 5.55. The van der Waals surface area contributed by atoms with Gasteiger partial charge in [-0.25, -0.2) is 0 Å². The molecular weight excluding hydrogens is 328 g/mol. The molecule has 3 rings (SSSR count). The lowest BCUT2D eigenvalue weighted by molar-refractivity contribution is -0.875. The van der Waals surface area contributed by atoms with Gasteiger partial charge in [-0.15, -0.1) is 12.4 Å². The number of rotatable bonds is 5. The summed E-state index contributed by atoms with van der Waals surface area (Å²) in [4.78, 5) is 4.83. The van der Waals surface area contributed by atoms with Crippen LogP contribution in [0.3, 0.4) is 0 Å². The van der Waals surface area contributed by atoms with Crippen LogP contribution in [0.5, 0.6) is 0 Å². The number of para-hydroxylation sites is 2. The van der Waals surface area contributed by atoms with Crippen LogP contribution in [0.25, 0.3) is 0 Å². The predicted octanol–water partition coefficient (Wildman–Crippen LogP) is 5.07. The Labute approximate surface area is 148 Å². The Kier molecular flexibility index (Phi) is 5.98. The highest BCUT2D eigenvalue weighted by atomic mass is 35.5. The van der Waals surface area contributed by atoms with Crippen molar-refractivity contribution in [2.45, 2.75) is 23.6 Å². The molecule has 1 aliphatic rings. The molecule has 1 heterocycles. The largest absolute Gasteiger partial charge is 0.633 e. The smallest absolute Gasteiger partial charge is 0.0966 e. The number of hydrogen-bond donors (Lipinski definition) is 0. The Balaban J connectivity index is 0.00000192. The first-order valence-electron chi connectivity index (χ1n) is 7.87. The molecule has 23 heavy (non-hydrogen) atoms. The number of halogens is 1. The minimum Gasteiger partial charge on any atom is -0.633 e. The lowest BCUT2D eigenvalue weighted by Crippen LogP contribution is -2.46. The van der Waals surface area contributed by atoms with Crippen molar-refractivity contribution < 1.29 is 4.65 Å². The van der Waals surface area contributed by atoms with Crippen LogP contribution in [-0.4, -0.2) is 30.8 Å². The van der Waals surface area contributed by atoms with Gasteiger partial charge in [0, 0.05) is 9.79 Å². The summed E-state index contributed by atoms with van der Waals surface area (Å²) in [7, 11) is 0. The van der Waals surface area contributed by atoms with Crippen molar-refractivity contribution in [3.63, 3.8) is 0 Å². The molecule has 0 fully saturated rings. The van der Waals surface area contributed by atoms with Crippen molar-refractivity contribution in [2.75, 3.05) is 31.1 Å².